The van der Waals surface area contributed by atoms with E-state index in [-0.39, 0.29) is 29.8 Å². The molecule has 0 spiro atoms. The van der Waals surface area contributed by atoms with E-state index in [2.05, 4.69) is 4.98 Å². The van der Waals surface area contributed by atoms with Crippen LogP contribution in [0.4, 0.5) is 0 Å². The van der Waals surface area contributed by atoms with Gasteiger partial charge < -0.3 is 19.5 Å². The van der Waals surface area contributed by atoms with Gasteiger partial charge in [0.25, 0.3) is 5.56 Å². The Hall–Kier alpha value is -3.16. The van der Waals surface area contributed by atoms with Crippen LogP contribution < -0.4 is 10.3 Å². The molecule has 8 nitrogen and oxygen atoms in total. The number of rotatable bonds is 4. The van der Waals surface area contributed by atoms with Gasteiger partial charge in [-0.2, -0.15) is 0 Å². The lowest BCUT2D eigenvalue weighted by molar-refractivity contribution is -0.134. The third-order valence-electron chi connectivity index (χ3n) is 6.17. The molecule has 2 amide bonds. The number of amides is 2. The lowest BCUT2D eigenvalue weighted by Gasteiger charge is -2.36. The first-order chi connectivity index (χ1) is 15.0. The number of likely N-dealkylation sites (tertiary alicyclic amines) is 1. The molecule has 8 heteroatoms. The Bertz CT molecular complexity index is 1050. The smallest absolute Gasteiger partial charge is 0.254 e. The number of ether oxygens (including phenoxy) is 1. The molecule has 0 aliphatic carbocycles. The van der Waals surface area contributed by atoms with Gasteiger partial charge in [-0.05, 0) is 43.4 Å². The molecule has 0 unspecified atom stereocenters. The molecule has 1 aromatic heterocycles. The topological polar surface area (TPSA) is 95.6 Å². The molecular weight excluding hydrogens is 396 g/mol. The Morgan fingerprint density at radius 2 is 2.10 bits per heavy atom. The Morgan fingerprint density at radius 1 is 1.26 bits per heavy atom. The van der Waals surface area contributed by atoms with Crippen LogP contribution in [0, 0.1) is 0 Å². The number of aromatic amines is 1. The van der Waals surface area contributed by atoms with Gasteiger partial charge in [0, 0.05) is 25.6 Å². The summed E-state index contributed by atoms with van der Waals surface area (Å²) in [5, 5.41) is 0. The lowest BCUT2D eigenvalue weighted by atomic mass is 9.99. The largest absolute Gasteiger partial charge is 0.497 e. The van der Waals surface area contributed by atoms with Crippen LogP contribution in [0.1, 0.15) is 54.9 Å². The van der Waals surface area contributed by atoms with E-state index in [9.17, 15) is 14.4 Å². The first-order valence-electron chi connectivity index (χ1n) is 10.8. The normalized spacial score (nSPS) is 18.5. The van der Waals surface area contributed by atoms with Crippen molar-refractivity contribution >= 4 is 11.8 Å². The Morgan fingerprint density at radius 3 is 2.87 bits per heavy atom. The Balaban J connectivity index is 1.59. The zero-order valence-corrected chi connectivity index (χ0v) is 18.0. The number of piperidine rings is 1. The van der Waals surface area contributed by atoms with Gasteiger partial charge in [-0.1, -0.05) is 12.1 Å². The van der Waals surface area contributed by atoms with Gasteiger partial charge >= 0.3 is 0 Å². The number of nitrogens with one attached hydrogen (secondary N) is 1. The first-order valence-corrected chi connectivity index (χ1v) is 10.8. The molecule has 0 bridgehead atoms. The summed E-state index contributed by atoms with van der Waals surface area (Å²) >= 11 is 0. The van der Waals surface area contributed by atoms with Crippen molar-refractivity contribution in [2.45, 2.75) is 51.6 Å². The van der Waals surface area contributed by atoms with E-state index >= 15 is 0 Å². The molecule has 164 valence electrons. The third-order valence-corrected chi connectivity index (χ3v) is 6.17. The number of benzene rings is 1. The minimum Gasteiger partial charge on any atom is -0.497 e. The van der Waals surface area contributed by atoms with E-state index in [1.165, 1.54) is 6.92 Å². The molecule has 2 aliphatic heterocycles. The van der Waals surface area contributed by atoms with Crippen molar-refractivity contribution in [1.82, 2.24) is 19.8 Å². The molecule has 1 fully saturated rings. The van der Waals surface area contributed by atoms with Crippen LogP contribution in [-0.4, -0.2) is 51.8 Å². The van der Waals surface area contributed by atoms with E-state index in [1.54, 1.807) is 12.0 Å². The Kier molecular flexibility index (Phi) is 6.06. The second-order valence-corrected chi connectivity index (χ2v) is 8.19. The number of aromatic nitrogens is 2. The third kappa shape index (κ3) is 4.47. The predicted octanol–water partition coefficient (Wildman–Crippen LogP) is 1.98. The molecule has 1 atom stereocenters. The lowest BCUT2D eigenvalue weighted by Crippen LogP contribution is -2.42. The summed E-state index contributed by atoms with van der Waals surface area (Å²) in [7, 11) is 1.60. The zero-order chi connectivity index (χ0) is 22.0. The van der Waals surface area contributed by atoms with Crippen LogP contribution in [0.5, 0.6) is 5.75 Å². The van der Waals surface area contributed by atoms with Gasteiger partial charge in [0.2, 0.25) is 11.8 Å². The van der Waals surface area contributed by atoms with Gasteiger partial charge in [0.05, 0.1) is 31.8 Å². The van der Waals surface area contributed by atoms with E-state index in [1.807, 2.05) is 29.2 Å². The molecule has 1 saturated heterocycles. The molecule has 3 heterocycles. The van der Waals surface area contributed by atoms with Crippen molar-refractivity contribution < 1.29 is 14.3 Å². The SMILES string of the molecule is COc1cccc(CC(=O)N2CCCC[C@H]2c2nc3c(c(=O)[nH]2)CCN(C(C)=O)C3)c1. The van der Waals surface area contributed by atoms with E-state index in [0.29, 0.717) is 43.1 Å². The predicted molar refractivity (Wildman–Crippen MR) is 115 cm³/mol. The van der Waals surface area contributed by atoms with E-state index in [4.69, 9.17) is 9.72 Å². The maximum absolute atomic E-state index is 13.2. The fourth-order valence-corrected chi connectivity index (χ4v) is 4.46. The summed E-state index contributed by atoms with van der Waals surface area (Å²) in [6, 6.07) is 7.24. The molecule has 0 radical (unpaired) electrons. The summed E-state index contributed by atoms with van der Waals surface area (Å²) in [6.07, 6.45) is 3.41. The van der Waals surface area contributed by atoms with Crippen molar-refractivity contribution in [3.05, 3.63) is 57.3 Å². The number of hydrogen-bond donors (Lipinski definition) is 1. The fraction of sp³-hybridized carbons (Fsp3) is 0.478. The highest BCUT2D eigenvalue weighted by Crippen LogP contribution is 2.30. The summed E-state index contributed by atoms with van der Waals surface area (Å²) in [5.41, 5.74) is 2.02. The van der Waals surface area contributed by atoms with Gasteiger partial charge in [0.15, 0.2) is 0 Å². The Labute approximate surface area is 181 Å². The van der Waals surface area contributed by atoms with Crippen LogP contribution in [0.25, 0.3) is 0 Å². The summed E-state index contributed by atoms with van der Waals surface area (Å²) in [5.74, 6) is 1.22. The monoisotopic (exact) mass is 424 g/mol. The number of carbonyl (C=O) groups excluding carboxylic acids is 2. The minimum absolute atomic E-state index is 0.00341. The molecule has 4 rings (SSSR count). The number of H-pyrrole nitrogens is 1. The van der Waals surface area contributed by atoms with Crippen molar-refractivity contribution in [2.24, 2.45) is 0 Å². The van der Waals surface area contributed by atoms with E-state index in [0.717, 1.165) is 30.6 Å². The highest BCUT2D eigenvalue weighted by molar-refractivity contribution is 5.79. The average Bonchev–Trinajstić information content (AvgIpc) is 2.78. The first kappa shape index (κ1) is 21.1. The van der Waals surface area contributed by atoms with Crippen LogP contribution in [-0.2, 0) is 29.0 Å². The number of fused-ring (bicyclic) bond motifs is 1. The second-order valence-electron chi connectivity index (χ2n) is 8.19. The number of carbonyl (C=O) groups is 2. The summed E-state index contributed by atoms with van der Waals surface area (Å²) < 4.78 is 5.26. The molecule has 31 heavy (non-hydrogen) atoms. The second kappa shape index (κ2) is 8.91. The van der Waals surface area contributed by atoms with Crippen LogP contribution in [0.2, 0.25) is 0 Å². The molecule has 1 aromatic carbocycles. The molecule has 2 aliphatic rings. The van der Waals surface area contributed by atoms with Gasteiger partial charge in [0.1, 0.15) is 11.6 Å². The van der Waals surface area contributed by atoms with E-state index < -0.39 is 0 Å². The fourth-order valence-electron chi connectivity index (χ4n) is 4.46. The highest BCUT2D eigenvalue weighted by Gasteiger charge is 2.31. The van der Waals surface area contributed by atoms with Crippen LogP contribution in [0.15, 0.2) is 29.1 Å². The minimum atomic E-state index is -0.266. The van der Waals surface area contributed by atoms with Gasteiger partial charge in [-0.25, -0.2) is 4.98 Å². The summed E-state index contributed by atoms with van der Waals surface area (Å²) in [6.45, 7) is 3.03. The quantitative estimate of drug-likeness (QED) is 0.810. The highest BCUT2D eigenvalue weighted by atomic mass is 16.5. The van der Waals surface area contributed by atoms with Crippen LogP contribution >= 0.6 is 0 Å². The number of nitrogens with zero attached hydrogens (tertiary/aromatic N) is 3. The van der Waals surface area contributed by atoms with Crippen molar-refractivity contribution in [3.8, 4) is 5.75 Å². The number of hydrogen-bond acceptors (Lipinski definition) is 5. The van der Waals surface area contributed by atoms with Gasteiger partial charge in [-0.3, -0.25) is 14.4 Å². The zero-order valence-electron chi connectivity index (χ0n) is 18.0. The van der Waals surface area contributed by atoms with Crippen molar-refractivity contribution in [1.29, 1.82) is 0 Å². The molecule has 2 aromatic rings. The van der Waals surface area contributed by atoms with Gasteiger partial charge in [-0.15, -0.1) is 0 Å². The van der Waals surface area contributed by atoms with Crippen molar-refractivity contribution in [3.63, 3.8) is 0 Å². The summed E-state index contributed by atoms with van der Waals surface area (Å²) in [4.78, 5) is 48.9. The van der Waals surface area contributed by atoms with Crippen LogP contribution in [0.3, 0.4) is 0 Å². The standard InChI is InChI=1S/C23H28N4O4/c1-15(28)26-11-9-18-19(14-26)24-22(25-23(18)30)20-8-3-4-10-27(20)21(29)13-16-6-5-7-17(12-16)31-2/h5-7,12,20H,3-4,8-11,13-14H2,1-2H3,(H,24,25,30)/t20-/m0/s1. The average molecular weight is 425 g/mol. The number of methoxy groups -OCH3 is 1. The molecule has 1 N–H and O–H groups in total. The molecule has 0 saturated carbocycles. The van der Waals surface area contributed by atoms with Crippen molar-refractivity contribution in [2.75, 3.05) is 20.2 Å². The maximum Gasteiger partial charge on any atom is 0.254 e. The molecular formula is C23H28N4O4. The maximum atomic E-state index is 13.2.